The van der Waals surface area contributed by atoms with Crippen molar-refractivity contribution in [1.29, 1.82) is 0 Å². The zero-order chi connectivity index (χ0) is 53.7. The Hall–Kier alpha value is -6.47. The van der Waals surface area contributed by atoms with Crippen molar-refractivity contribution in [2.75, 3.05) is 45.7 Å². The molecule has 3 aromatic rings. The molecular formula is C55H75N7O11. The quantitative estimate of drug-likeness (QED) is 0.0601. The number of likely N-dealkylation sites (tertiary alicyclic amines) is 1. The molecule has 3 aromatic carbocycles. The number of amides is 1. The minimum Gasteiger partial charge on any atom is -0.507 e. The number of aromatic hydroxyl groups is 2. The number of carbonyl (C=O) groups excluding carboxylic acids is 3. The number of ether oxygens (including phenoxy) is 4. The van der Waals surface area contributed by atoms with Gasteiger partial charge < -0.3 is 60.3 Å². The minimum atomic E-state index is -1.92. The Bertz CT molecular complexity index is 2800. The molecule has 1 saturated heterocycles. The number of phenols is 2. The molecule has 5 bridgehead atoms. The summed E-state index contributed by atoms with van der Waals surface area (Å²) in [5, 5.41) is 47.5. The number of nitrogens with one attached hydrogen (secondary N) is 1. The lowest BCUT2D eigenvalue weighted by Crippen LogP contribution is -2.43. The molecule has 18 heteroatoms. The van der Waals surface area contributed by atoms with Crippen LogP contribution in [-0.4, -0.2) is 112 Å². The summed E-state index contributed by atoms with van der Waals surface area (Å²) in [6.07, 6.45) is 10.1. The van der Waals surface area contributed by atoms with Crippen LogP contribution in [0.5, 0.6) is 23.0 Å². The van der Waals surface area contributed by atoms with E-state index in [0.717, 1.165) is 18.7 Å². The van der Waals surface area contributed by atoms with Crippen molar-refractivity contribution in [3.63, 3.8) is 0 Å². The number of nitrogens with zero attached hydrogens (tertiary/aromatic N) is 4. The first-order valence-corrected chi connectivity index (χ1v) is 25.0. The number of esters is 1. The molecule has 73 heavy (non-hydrogen) atoms. The third-order valence-electron chi connectivity index (χ3n) is 14.2. The van der Waals surface area contributed by atoms with Gasteiger partial charge in [0.15, 0.2) is 11.4 Å². The molecule has 9 N–H and O–H groups in total. The normalized spacial score (nSPS) is 27.1. The van der Waals surface area contributed by atoms with Gasteiger partial charge in [-0.25, -0.2) is 5.84 Å². The summed E-state index contributed by atoms with van der Waals surface area (Å²) in [6, 6.07) is 7.06. The molecule has 1 fully saturated rings. The number of fused-ring (bicyclic) bond motifs is 13. The standard InChI is InChI=1S/C54H71N7O10.CH4O/c1-29(2)26-60-22-20-54(21-23-60)58-43-40-41-47(64)35(8)50-42(40)51(66)53(9,71-50)69-24-12-15-31(4)49(70-39(62)28-61(56)27-38(55)36-16-18-37(68-10)19-17-36)34(7)46(63)33(6)25-30(3)13-11-14-32(5)52(67)57-45(48(41)65)44(43)59-54;1-2/h11-14,16-19,24,27,29-31,33-34,46,49,63-65H,15,20-23,25-26,28,55-56H2,1-10H3,(H,57,67);2H,1H3/b13-11+,24-12+,32-14-,38-27-;/t30?,31-,33-,34-,46?,49?,53?;/m1./s1. The van der Waals surface area contributed by atoms with E-state index in [4.69, 9.17) is 45.6 Å². The second-order valence-corrected chi connectivity index (χ2v) is 20.5. The molecule has 18 nitrogen and oxygen atoms in total. The molecule has 7 atom stereocenters. The molecule has 8 rings (SSSR count). The molecule has 5 aliphatic rings. The molecule has 4 unspecified atom stereocenters. The van der Waals surface area contributed by atoms with Crippen molar-refractivity contribution in [2.24, 2.45) is 51.2 Å². The zero-order valence-electron chi connectivity index (χ0n) is 44.1. The van der Waals surface area contributed by atoms with Crippen LogP contribution in [0.1, 0.15) is 103 Å². The van der Waals surface area contributed by atoms with E-state index in [1.165, 1.54) is 19.4 Å². The fraction of sp³-hybridized carbons (Fsp3) is 0.509. The number of anilines is 1. The number of allylic oxidation sites excluding steroid dienone is 4. The Morgan fingerprint density at radius 1 is 1.01 bits per heavy atom. The average Bonchev–Trinajstić information content (AvgIpc) is 3.85. The van der Waals surface area contributed by atoms with Crippen molar-refractivity contribution in [2.45, 2.75) is 112 Å². The van der Waals surface area contributed by atoms with E-state index in [2.05, 4.69) is 24.1 Å². The zero-order valence-corrected chi connectivity index (χ0v) is 44.1. The fourth-order valence-corrected chi connectivity index (χ4v) is 10.2. The van der Waals surface area contributed by atoms with Gasteiger partial charge in [0.05, 0.1) is 41.5 Å². The predicted molar refractivity (Wildman–Crippen MR) is 279 cm³/mol. The van der Waals surface area contributed by atoms with Gasteiger partial charge in [-0.3, -0.25) is 24.4 Å². The second kappa shape index (κ2) is 23.2. The lowest BCUT2D eigenvalue weighted by Gasteiger charge is -2.36. The Morgan fingerprint density at radius 3 is 2.32 bits per heavy atom. The number of hydrogen-bond donors (Lipinski definition) is 7. The molecule has 5 aliphatic heterocycles. The molecule has 0 aromatic heterocycles. The van der Waals surface area contributed by atoms with Crippen LogP contribution in [0.4, 0.5) is 5.69 Å². The third-order valence-corrected chi connectivity index (χ3v) is 14.2. The van der Waals surface area contributed by atoms with Gasteiger partial charge >= 0.3 is 11.8 Å². The van der Waals surface area contributed by atoms with Gasteiger partial charge in [0.1, 0.15) is 40.9 Å². The summed E-state index contributed by atoms with van der Waals surface area (Å²) in [5.41, 5.74) is 6.88. The Balaban J connectivity index is 0.00000429. The average molecular weight is 1010 g/mol. The van der Waals surface area contributed by atoms with E-state index < -0.39 is 53.0 Å². The first-order valence-electron chi connectivity index (χ1n) is 25.0. The SMILES string of the molecule is CO.COc1ccc(/C(N)=C/N(N)CC(=O)OC2[C@H](C)C(O)[C@H](C)CC(C)/C=C/C=C(/C)C(=O)Nc3c(O)c4c(O)c(C)c5c(c4c4c3=NC3(CCN(CC(C)C)CC3)N=4)C(=O)C(C)(O/C=C/C[C@H]2C)O5)cc1. The summed E-state index contributed by atoms with van der Waals surface area (Å²) < 4.78 is 23.9. The number of phenolic OH excluding ortho intramolecular Hbond substituents is 2. The molecule has 1 spiro atoms. The number of ketones is 1. The monoisotopic (exact) mass is 1010 g/mol. The number of hydrogen-bond acceptors (Lipinski definition) is 17. The first kappa shape index (κ1) is 55.8. The number of aliphatic hydroxyl groups excluding tert-OH is 2. The second-order valence-electron chi connectivity index (χ2n) is 20.5. The van der Waals surface area contributed by atoms with Crippen LogP contribution < -0.4 is 37.1 Å². The predicted octanol–water partition coefficient (Wildman–Crippen LogP) is 5.88. The fourth-order valence-electron chi connectivity index (χ4n) is 10.2. The van der Waals surface area contributed by atoms with Crippen molar-refractivity contribution in [3.8, 4) is 23.0 Å². The van der Waals surface area contributed by atoms with Gasteiger partial charge in [0, 0.05) is 75.2 Å². The van der Waals surface area contributed by atoms with E-state index in [1.54, 1.807) is 63.5 Å². The van der Waals surface area contributed by atoms with Gasteiger partial charge in [-0.05, 0) is 86.3 Å². The molecule has 396 valence electrons. The highest BCUT2D eigenvalue weighted by atomic mass is 16.7. The van der Waals surface area contributed by atoms with E-state index in [0.29, 0.717) is 60.9 Å². The van der Waals surface area contributed by atoms with Gasteiger partial charge in [-0.1, -0.05) is 59.8 Å². The van der Waals surface area contributed by atoms with E-state index in [1.807, 2.05) is 33.8 Å². The number of Topliss-reactive ketones (excluding diaryl/α,β-unsaturated/α-hetero) is 1. The van der Waals surface area contributed by atoms with Crippen LogP contribution in [0.3, 0.4) is 0 Å². The number of piperidine rings is 1. The Morgan fingerprint density at radius 2 is 1.67 bits per heavy atom. The van der Waals surface area contributed by atoms with Gasteiger partial charge in [0.2, 0.25) is 0 Å². The van der Waals surface area contributed by atoms with Gasteiger partial charge in [-0.15, -0.1) is 0 Å². The molecular weight excluding hydrogens is 935 g/mol. The lowest BCUT2D eigenvalue weighted by atomic mass is 9.80. The van der Waals surface area contributed by atoms with Crippen LogP contribution in [0, 0.1) is 36.5 Å². The highest BCUT2D eigenvalue weighted by Gasteiger charge is 2.50. The summed E-state index contributed by atoms with van der Waals surface area (Å²) >= 11 is 0. The van der Waals surface area contributed by atoms with E-state index >= 15 is 0 Å². The highest BCUT2D eigenvalue weighted by Crippen LogP contribution is 2.50. The number of rotatable bonds is 8. The number of hydrazine groups is 1. The topological polar surface area (TPSA) is 264 Å². The molecule has 0 aliphatic carbocycles. The molecule has 5 heterocycles. The third kappa shape index (κ3) is 12.0. The first-order chi connectivity index (χ1) is 34.6. The van der Waals surface area contributed by atoms with Crippen LogP contribution in [0.25, 0.3) is 16.5 Å². The van der Waals surface area contributed by atoms with Crippen LogP contribution in [0.2, 0.25) is 0 Å². The van der Waals surface area contributed by atoms with Crippen LogP contribution in [0.15, 0.2) is 76.6 Å². The van der Waals surface area contributed by atoms with Crippen molar-refractivity contribution in [1.82, 2.24) is 9.91 Å². The van der Waals surface area contributed by atoms with Crippen LogP contribution in [-0.2, 0) is 19.1 Å². The Kier molecular flexibility index (Phi) is 17.7. The molecule has 1 amide bonds. The van der Waals surface area contributed by atoms with E-state index in [9.17, 15) is 29.7 Å². The number of aliphatic hydroxyl groups is 2. The Labute approximate surface area is 427 Å². The maximum Gasteiger partial charge on any atom is 0.327 e. The maximum absolute atomic E-state index is 14.8. The summed E-state index contributed by atoms with van der Waals surface area (Å²) in [5.74, 6) is 1.74. The van der Waals surface area contributed by atoms with Gasteiger partial charge in [0.25, 0.3) is 11.7 Å². The lowest BCUT2D eigenvalue weighted by molar-refractivity contribution is -0.159. The minimum absolute atomic E-state index is 0.0214. The highest BCUT2D eigenvalue weighted by molar-refractivity contribution is 6.19. The number of methoxy groups -OCH3 is 1. The largest absolute Gasteiger partial charge is 0.507 e. The number of nitrogens with two attached hydrogens (primary N) is 2. The number of carbonyl (C=O) groups is 3. The summed E-state index contributed by atoms with van der Waals surface area (Å²) in [4.78, 5) is 55.2. The van der Waals surface area contributed by atoms with Crippen molar-refractivity contribution < 1.29 is 53.8 Å². The molecule has 0 radical (unpaired) electrons. The maximum atomic E-state index is 14.8. The van der Waals surface area contributed by atoms with Gasteiger partial charge in [-0.2, -0.15) is 0 Å². The smallest absolute Gasteiger partial charge is 0.327 e. The van der Waals surface area contributed by atoms with E-state index in [-0.39, 0.29) is 80.5 Å². The molecule has 0 saturated carbocycles. The summed E-state index contributed by atoms with van der Waals surface area (Å²) in [7, 11) is 2.57. The number of benzene rings is 3. The van der Waals surface area contributed by atoms with Crippen molar-refractivity contribution in [3.05, 3.63) is 94.0 Å². The van der Waals surface area contributed by atoms with Crippen LogP contribution >= 0.6 is 0 Å². The van der Waals surface area contributed by atoms with Crippen molar-refractivity contribution >= 4 is 39.8 Å². The summed E-state index contributed by atoms with van der Waals surface area (Å²) in [6.45, 7) is 18.7.